The Balaban J connectivity index is 1.34. The van der Waals surface area contributed by atoms with Crippen LogP contribution < -0.4 is 10.6 Å². The first-order valence-electron chi connectivity index (χ1n) is 25.1. The molecule has 2 N–H and O–H groups in total. The summed E-state index contributed by atoms with van der Waals surface area (Å²) in [5, 5.41) is 5.55. The van der Waals surface area contributed by atoms with Gasteiger partial charge in [0.1, 0.15) is 59.3 Å². The van der Waals surface area contributed by atoms with Crippen LogP contribution in [-0.4, -0.2) is 161 Å². The van der Waals surface area contributed by atoms with Crippen LogP contribution in [0.15, 0.2) is 36.4 Å². The largest absolute Gasteiger partial charge is 0.444 e. The van der Waals surface area contributed by atoms with Crippen LogP contribution in [0, 0.1) is 23.5 Å². The summed E-state index contributed by atoms with van der Waals surface area (Å²) >= 11 is 0. The molecule has 2 unspecified atom stereocenters. The van der Waals surface area contributed by atoms with Gasteiger partial charge in [-0.2, -0.15) is 0 Å². The zero-order valence-corrected chi connectivity index (χ0v) is 44.8. The van der Waals surface area contributed by atoms with Gasteiger partial charge in [-0.1, -0.05) is 27.7 Å². The minimum atomic E-state index is -1.47. The summed E-state index contributed by atoms with van der Waals surface area (Å²) in [6.45, 7) is 19.2. The number of alkyl halides is 2. The smallest absolute Gasteiger partial charge is 0.410 e. The van der Waals surface area contributed by atoms with Gasteiger partial charge in [-0.05, 0) is 91.5 Å². The first-order chi connectivity index (χ1) is 34.3. The molecule has 0 radical (unpaired) electrons. The molecule has 4 heterocycles. The van der Waals surface area contributed by atoms with E-state index in [-0.39, 0.29) is 61.7 Å². The number of carbonyl (C=O) groups is 6. The summed E-state index contributed by atoms with van der Waals surface area (Å²) in [5.74, 6) is -4.37. The number of hydrogen-bond acceptors (Lipinski definition) is 10. The van der Waals surface area contributed by atoms with E-state index in [9.17, 15) is 37.5 Å². The summed E-state index contributed by atoms with van der Waals surface area (Å²) in [5.41, 5.74) is -0.529. The highest BCUT2D eigenvalue weighted by Gasteiger charge is 2.44. The normalized spacial score (nSPS) is 19.9. The van der Waals surface area contributed by atoms with Gasteiger partial charge in [0.25, 0.3) is 0 Å². The first kappa shape index (κ1) is 56.8. The Morgan fingerprint density at radius 3 is 1.27 bits per heavy atom. The number of amides is 6. The Morgan fingerprint density at radius 1 is 0.622 bits per heavy atom. The molecule has 2 aromatic carbocycles. The van der Waals surface area contributed by atoms with Crippen LogP contribution in [0.3, 0.4) is 0 Å². The summed E-state index contributed by atoms with van der Waals surface area (Å²) in [6, 6.07) is 1.75. The number of nitrogens with one attached hydrogen (secondary N) is 2. The lowest BCUT2D eigenvalue weighted by Crippen LogP contribution is -2.57. The molecule has 0 saturated carbocycles. The number of nitrogens with zero attached hydrogens (tertiary/aromatic N) is 8. The number of fused-ring (bicyclic) bond motifs is 2. The van der Waals surface area contributed by atoms with E-state index in [1.165, 1.54) is 74.1 Å². The molecule has 22 heteroatoms. The predicted molar refractivity (Wildman–Crippen MR) is 269 cm³/mol. The maximum atomic E-state index is 15.8. The van der Waals surface area contributed by atoms with Gasteiger partial charge in [-0.15, -0.1) is 0 Å². The molecule has 2 saturated heterocycles. The molecule has 2 aliphatic rings. The lowest BCUT2D eigenvalue weighted by atomic mass is 10.0. The quantitative estimate of drug-likeness (QED) is 0.117. The average molecular weight is 1040 g/mol. The highest BCUT2D eigenvalue weighted by molar-refractivity contribution is 5.93. The van der Waals surface area contributed by atoms with Gasteiger partial charge in [-0.3, -0.25) is 29.0 Å². The van der Waals surface area contributed by atoms with Crippen molar-refractivity contribution in [1.82, 2.24) is 49.3 Å². The van der Waals surface area contributed by atoms with Crippen molar-refractivity contribution >= 4 is 57.9 Å². The van der Waals surface area contributed by atoms with E-state index in [1.54, 1.807) is 78.4 Å². The van der Waals surface area contributed by atoms with Gasteiger partial charge in [-0.25, -0.2) is 37.1 Å². The van der Waals surface area contributed by atoms with E-state index in [0.717, 1.165) is 9.80 Å². The van der Waals surface area contributed by atoms with E-state index in [0.29, 0.717) is 11.0 Å². The fraction of sp³-hybridized carbons (Fsp3) is 0.615. The standard InChI is InChI=1S/C52H72F4N10O8/c1-27(2)41(59-45(67)29(5)61(13)49(71)73-51(7,8)9)47(69)63-23-33(55)19-35(63)25-65-39-17-15-31(53)21-37(39)57-43(65)44-58-38-22-32(54)16-18-40(38)66(44)26-36-20-34(56)24-64(36)48(70)42(28(3)4)60-46(68)30(6)62(14)50(72)74-52(10,11)12/h15-18,21-22,27-30,33-36,41-42H,19-20,23-26H2,1-14H3,(H,59,67)(H,60,68)/t29-,30-,33?,34?,35+,36+,41-,42-/m1/s1. The fourth-order valence-electron chi connectivity index (χ4n) is 9.21. The molecule has 2 aromatic heterocycles. The van der Waals surface area contributed by atoms with Crippen LogP contribution >= 0.6 is 0 Å². The van der Waals surface area contributed by atoms with Gasteiger partial charge in [0.05, 0.1) is 47.2 Å². The molecule has 0 bridgehead atoms. The molecule has 406 valence electrons. The van der Waals surface area contributed by atoms with E-state index >= 15 is 8.78 Å². The number of carbonyl (C=O) groups excluding carboxylic acids is 6. The molecule has 4 aromatic rings. The Bertz CT molecular complexity index is 2570. The highest BCUT2D eigenvalue weighted by atomic mass is 19.1. The first-order valence-corrected chi connectivity index (χ1v) is 25.1. The monoisotopic (exact) mass is 1040 g/mol. The number of rotatable bonds is 15. The van der Waals surface area contributed by atoms with Crippen LogP contribution in [0.2, 0.25) is 0 Å². The van der Waals surface area contributed by atoms with Crippen molar-refractivity contribution in [3.05, 3.63) is 48.0 Å². The maximum absolute atomic E-state index is 15.8. The van der Waals surface area contributed by atoms with E-state index in [2.05, 4.69) is 10.6 Å². The van der Waals surface area contributed by atoms with Crippen LogP contribution in [0.1, 0.15) is 95.9 Å². The molecular formula is C52H72F4N10O8. The molecule has 6 rings (SSSR count). The van der Waals surface area contributed by atoms with Crippen LogP contribution in [0.5, 0.6) is 0 Å². The molecule has 0 aliphatic carbocycles. The Labute approximate surface area is 429 Å². The summed E-state index contributed by atoms with van der Waals surface area (Å²) in [4.78, 5) is 96.7. The number of hydrogen-bond donors (Lipinski definition) is 2. The van der Waals surface area contributed by atoms with Gasteiger partial charge < -0.3 is 39.0 Å². The highest BCUT2D eigenvalue weighted by Crippen LogP contribution is 2.34. The van der Waals surface area contributed by atoms with Crippen LogP contribution in [-0.2, 0) is 41.7 Å². The number of imidazole rings is 2. The molecular weight excluding hydrogens is 969 g/mol. The molecule has 2 aliphatic heterocycles. The topological polar surface area (TPSA) is 194 Å². The third kappa shape index (κ3) is 12.9. The van der Waals surface area contributed by atoms with Gasteiger partial charge in [0.15, 0.2) is 11.6 Å². The predicted octanol–water partition coefficient (Wildman–Crippen LogP) is 7.00. The second-order valence-electron chi connectivity index (χ2n) is 22.3. The second kappa shape index (κ2) is 22.2. The lowest BCUT2D eigenvalue weighted by Gasteiger charge is -2.33. The SMILES string of the molecule is CC(C)[C@@H](NC(=O)[C@@H](C)N(C)C(=O)OC(C)(C)C)C(=O)N1CC(F)C[C@H]1Cn1c(-c2nc3cc(F)ccc3n2C[C@@H]2CC(F)CN2C(=O)[C@H](NC(=O)[C@@H](C)N(C)C(=O)OC(C)(C)C)C(C)C)nc2cc(F)ccc21. The van der Waals surface area contributed by atoms with E-state index in [4.69, 9.17) is 19.4 Å². The number of ether oxygens (including phenoxy) is 2. The van der Waals surface area contributed by atoms with Gasteiger partial charge in [0, 0.05) is 52.2 Å². The molecule has 6 amide bonds. The van der Waals surface area contributed by atoms with E-state index in [1.807, 2.05) is 0 Å². The van der Waals surface area contributed by atoms with Crippen molar-refractivity contribution in [2.75, 3.05) is 27.2 Å². The summed E-state index contributed by atoms with van der Waals surface area (Å²) in [6.07, 6.45) is -4.67. The fourth-order valence-corrected chi connectivity index (χ4v) is 9.21. The summed E-state index contributed by atoms with van der Waals surface area (Å²) in [7, 11) is 2.81. The van der Waals surface area contributed by atoms with Crippen molar-refractivity contribution in [2.24, 2.45) is 11.8 Å². The Hall–Kier alpha value is -6.48. The van der Waals surface area contributed by atoms with Crippen LogP contribution in [0.4, 0.5) is 27.2 Å². The van der Waals surface area contributed by atoms with Gasteiger partial charge in [0.2, 0.25) is 23.6 Å². The zero-order chi connectivity index (χ0) is 55.0. The van der Waals surface area contributed by atoms with Crippen molar-refractivity contribution < 1.29 is 55.8 Å². The van der Waals surface area contributed by atoms with Crippen molar-refractivity contribution in [3.8, 4) is 11.6 Å². The van der Waals surface area contributed by atoms with Crippen molar-refractivity contribution in [1.29, 1.82) is 0 Å². The second-order valence-corrected chi connectivity index (χ2v) is 22.3. The van der Waals surface area contributed by atoms with Crippen molar-refractivity contribution in [2.45, 2.75) is 169 Å². The third-order valence-electron chi connectivity index (χ3n) is 13.4. The van der Waals surface area contributed by atoms with E-state index < -0.39 is 119 Å². The molecule has 74 heavy (non-hydrogen) atoms. The number of benzene rings is 2. The zero-order valence-electron chi connectivity index (χ0n) is 44.8. The summed E-state index contributed by atoms with van der Waals surface area (Å²) < 4.78 is 75.7. The van der Waals surface area contributed by atoms with Gasteiger partial charge >= 0.3 is 12.2 Å². The molecule has 0 spiro atoms. The number of likely N-dealkylation sites (N-methyl/N-ethyl adjacent to an activating group) is 2. The maximum Gasteiger partial charge on any atom is 0.410 e. The number of likely N-dealkylation sites (tertiary alicyclic amines) is 2. The van der Waals surface area contributed by atoms with Crippen LogP contribution in [0.25, 0.3) is 33.7 Å². The average Bonchev–Trinajstić information content (AvgIpc) is 4.06. The minimum absolute atomic E-state index is 0.102. The van der Waals surface area contributed by atoms with Crippen molar-refractivity contribution in [3.63, 3.8) is 0 Å². The molecule has 2 fully saturated rings. The third-order valence-corrected chi connectivity index (χ3v) is 13.4. The Morgan fingerprint density at radius 2 is 0.959 bits per heavy atom. The lowest BCUT2D eigenvalue weighted by molar-refractivity contribution is -0.139. The molecule has 8 atom stereocenters. The number of halogens is 4. The molecule has 18 nitrogen and oxygen atoms in total. The Kier molecular flexibility index (Phi) is 17.0. The number of aromatic nitrogens is 4. The minimum Gasteiger partial charge on any atom is -0.444 e.